The van der Waals surface area contributed by atoms with Crippen LogP contribution in [0.25, 0.3) is 0 Å². The molecule has 4 aliphatic carbocycles. The van der Waals surface area contributed by atoms with Crippen molar-refractivity contribution in [2.75, 3.05) is 12.3 Å². The minimum Gasteiger partial charge on any atom is -0.341 e. The second-order valence-electron chi connectivity index (χ2n) is 6.00. The molecule has 0 aromatic rings. The minimum atomic E-state index is 0.678. The van der Waals surface area contributed by atoms with Gasteiger partial charge >= 0.3 is 0 Å². The molecule has 4 rings (SSSR count). The Kier molecular flexibility index (Phi) is 2.32. The molecule has 80 valence electrons. The molecule has 0 aromatic heterocycles. The van der Waals surface area contributed by atoms with E-state index in [1.165, 1.54) is 25.8 Å². The number of rotatable bonds is 3. The summed E-state index contributed by atoms with van der Waals surface area (Å²) >= 11 is 4.34. The lowest BCUT2D eigenvalue weighted by molar-refractivity contribution is -0.735. The molecule has 0 saturated heterocycles. The third kappa shape index (κ3) is 1.51. The van der Waals surface area contributed by atoms with E-state index in [4.69, 9.17) is 0 Å². The second-order valence-corrected chi connectivity index (χ2v) is 6.44. The van der Waals surface area contributed by atoms with Gasteiger partial charge < -0.3 is 5.32 Å². The fraction of sp³-hybridized carbons (Fsp3) is 1.00. The van der Waals surface area contributed by atoms with Crippen LogP contribution in [0.3, 0.4) is 0 Å². The van der Waals surface area contributed by atoms with Gasteiger partial charge in [-0.25, -0.2) is 0 Å². The second kappa shape index (κ2) is 3.41. The zero-order valence-electron chi connectivity index (χ0n) is 8.91. The highest BCUT2D eigenvalue weighted by Gasteiger charge is 2.53. The summed E-state index contributed by atoms with van der Waals surface area (Å²) in [6.07, 6.45) is 9.25. The summed E-state index contributed by atoms with van der Waals surface area (Å²) in [5.41, 5.74) is 0.678. The molecular weight excluding hydrogens is 190 g/mol. The Morgan fingerprint density at radius 2 is 1.50 bits per heavy atom. The van der Waals surface area contributed by atoms with Crippen LogP contribution in [-0.4, -0.2) is 17.8 Å². The van der Waals surface area contributed by atoms with Crippen LogP contribution >= 0.6 is 12.6 Å². The van der Waals surface area contributed by atoms with Gasteiger partial charge in [0.05, 0.1) is 12.1 Å². The molecule has 4 aliphatic rings. The van der Waals surface area contributed by atoms with Crippen LogP contribution in [-0.2, 0) is 0 Å². The van der Waals surface area contributed by atoms with Crippen molar-refractivity contribution < 1.29 is 5.32 Å². The van der Waals surface area contributed by atoms with Crippen LogP contribution in [0.5, 0.6) is 0 Å². The largest absolute Gasteiger partial charge is 0.341 e. The predicted octanol–water partition coefficient (Wildman–Crippen LogP) is 1.45. The Bertz CT molecular complexity index is 191. The topological polar surface area (TPSA) is 16.6 Å². The van der Waals surface area contributed by atoms with E-state index < -0.39 is 0 Å². The lowest BCUT2D eigenvalue weighted by Gasteiger charge is -2.54. The average molecular weight is 212 g/mol. The fourth-order valence-electron chi connectivity index (χ4n) is 4.80. The molecule has 14 heavy (non-hydrogen) atoms. The van der Waals surface area contributed by atoms with Crippen LogP contribution in [0.2, 0.25) is 0 Å². The lowest BCUT2D eigenvalue weighted by Crippen LogP contribution is -2.99. The summed E-state index contributed by atoms with van der Waals surface area (Å²) < 4.78 is 0. The molecule has 0 aliphatic heterocycles. The van der Waals surface area contributed by atoms with Gasteiger partial charge in [0.2, 0.25) is 0 Å². The van der Waals surface area contributed by atoms with E-state index in [0.29, 0.717) is 5.54 Å². The van der Waals surface area contributed by atoms with Crippen LogP contribution in [0, 0.1) is 17.8 Å². The Morgan fingerprint density at radius 3 is 1.93 bits per heavy atom. The number of quaternary nitrogens is 1. The van der Waals surface area contributed by atoms with Gasteiger partial charge in [-0.2, -0.15) is 12.6 Å². The minimum absolute atomic E-state index is 0.678. The third-order valence-corrected chi connectivity index (χ3v) is 5.05. The Hall–Kier alpha value is 0.310. The molecule has 0 spiro atoms. The van der Waals surface area contributed by atoms with Crippen LogP contribution in [0.4, 0.5) is 0 Å². The highest BCUT2D eigenvalue weighted by Crippen LogP contribution is 2.54. The molecule has 4 saturated carbocycles. The molecule has 0 aromatic carbocycles. The molecule has 4 fully saturated rings. The zero-order chi connectivity index (χ0) is 9.60. The van der Waals surface area contributed by atoms with Gasteiger partial charge in [0, 0.05) is 25.0 Å². The van der Waals surface area contributed by atoms with E-state index in [1.54, 1.807) is 19.3 Å². The maximum absolute atomic E-state index is 4.34. The first kappa shape index (κ1) is 9.53. The van der Waals surface area contributed by atoms with E-state index in [-0.39, 0.29) is 0 Å². The van der Waals surface area contributed by atoms with E-state index in [9.17, 15) is 0 Å². The molecule has 0 amide bonds. The molecule has 0 heterocycles. The Balaban J connectivity index is 1.74. The van der Waals surface area contributed by atoms with E-state index in [2.05, 4.69) is 17.9 Å². The molecule has 4 bridgehead atoms. The maximum Gasteiger partial charge on any atom is 0.0969 e. The molecule has 0 atom stereocenters. The Morgan fingerprint density at radius 1 is 1.00 bits per heavy atom. The summed E-state index contributed by atoms with van der Waals surface area (Å²) in [5, 5.41) is 2.64. The van der Waals surface area contributed by atoms with E-state index >= 15 is 0 Å². The zero-order valence-corrected chi connectivity index (χ0v) is 9.81. The van der Waals surface area contributed by atoms with Crippen molar-refractivity contribution in [2.24, 2.45) is 17.8 Å². The number of hydrogen-bond donors (Lipinski definition) is 2. The predicted molar refractivity (Wildman–Crippen MR) is 61.5 cm³/mol. The van der Waals surface area contributed by atoms with Gasteiger partial charge in [-0.1, -0.05) is 0 Å². The Labute approximate surface area is 92.4 Å². The standard InChI is InChI=1S/C12H21NS/c14-2-1-13-12-6-9-3-10(7-12)5-11(4-9)8-12/h9-11,13-14H,1-8H2/p+1. The van der Waals surface area contributed by atoms with Crippen molar-refractivity contribution in [2.45, 2.75) is 44.1 Å². The quantitative estimate of drug-likeness (QED) is 0.659. The van der Waals surface area contributed by atoms with Crippen molar-refractivity contribution >= 4 is 12.6 Å². The number of hydrogen-bond acceptors (Lipinski definition) is 1. The van der Waals surface area contributed by atoms with E-state index in [0.717, 1.165) is 23.5 Å². The third-order valence-electron chi connectivity index (χ3n) is 4.79. The van der Waals surface area contributed by atoms with Crippen LogP contribution in [0.1, 0.15) is 38.5 Å². The SMILES string of the molecule is SCC[NH2+]C12CC3CC(CC(C3)C1)C2. The van der Waals surface area contributed by atoms with Crippen LogP contribution < -0.4 is 5.32 Å². The van der Waals surface area contributed by atoms with Crippen LogP contribution in [0.15, 0.2) is 0 Å². The first-order valence-corrected chi connectivity index (χ1v) is 6.88. The lowest BCUT2D eigenvalue weighted by atomic mass is 9.53. The highest BCUT2D eigenvalue weighted by molar-refractivity contribution is 7.80. The van der Waals surface area contributed by atoms with Gasteiger partial charge in [0.15, 0.2) is 0 Å². The summed E-state index contributed by atoms with van der Waals surface area (Å²) in [7, 11) is 0. The van der Waals surface area contributed by atoms with Gasteiger partial charge in [-0.15, -0.1) is 0 Å². The van der Waals surface area contributed by atoms with Gasteiger partial charge in [-0.3, -0.25) is 0 Å². The van der Waals surface area contributed by atoms with Crippen molar-refractivity contribution in [3.8, 4) is 0 Å². The van der Waals surface area contributed by atoms with Gasteiger partial charge in [-0.05, 0) is 37.0 Å². The average Bonchev–Trinajstić information content (AvgIpc) is 2.12. The summed E-state index contributed by atoms with van der Waals surface area (Å²) in [6.45, 7) is 1.23. The number of nitrogens with two attached hydrogens (primary N) is 1. The van der Waals surface area contributed by atoms with Crippen molar-refractivity contribution in [1.82, 2.24) is 0 Å². The van der Waals surface area contributed by atoms with Crippen molar-refractivity contribution in [1.29, 1.82) is 0 Å². The molecular formula is C12H22NS+. The summed E-state index contributed by atoms with van der Waals surface area (Å²) in [5.74, 6) is 4.33. The van der Waals surface area contributed by atoms with E-state index in [1.807, 2.05) is 0 Å². The monoisotopic (exact) mass is 212 g/mol. The van der Waals surface area contributed by atoms with Gasteiger partial charge in [0.1, 0.15) is 0 Å². The first-order chi connectivity index (χ1) is 6.80. The van der Waals surface area contributed by atoms with Crippen molar-refractivity contribution in [3.63, 3.8) is 0 Å². The van der Waals surface area contributed by atoms with Gasteiger partial charge in [0.25, 0.3) is 0 Å². The number of thiol groups is 1. The smallest absolute Gasteiger partial charge is 0.0969 e. The maximum atomic E-state index is 4.34. The van der Waals surface area contributed by atoms with Crippen molar-refractivity contribution in [3.05, 3.63) is 0 Å². The normalized spacial score (nSPS) is 49.9. The fourth-order valence-corrected chi connectivity index (χ4v) is 4.93. The summed E-state index contributed by atoms with van der Waals surface area (Å²) in [4.78, 5) is 0. The highest BCUT2D eigenvalue weighted by atomic mass is 32.1. The molecule has 2 N–H and O–H groups in total. The molecule has 0 radical (unpaired) electrons. The molecule has 1 nitrogen and oxygen atoms in total. The summed E-state index contributed by atoms with van der Waals surface area (Å²) in [6, 6.07) is 0. The molecule has 2 heteroatoms. The first-order valence-electron chi connectivity index (χ1n) is 6.25. The molecule has 0 unspecified atom stereocenters.